The second-order valence-electron chi connectivity index (χ2n) is 4.68. The molecule has 0 radical (unpaired) electrons. The first-order chi connectivity index (χ1) is 8.92. The van der Waals surface area contributed by atoms with E-state index in [1.54, 1.807) is 6.20 Å². The fourth-order valence-electron chi connectivity index (χ4n) is 2.39. The minimum Gasteiger partial charge on any atom is -0.372 e. The summed E-state index contributed by atoms with van der Waals surface area (Å²) in [5, 5.41) is 3.56. The highest BCUT2D eigenvalue weighted by molar-refractivity contribution is 6.17. The van der Waals surface area contributed by atoms with E-state index in [1.807, 2.05) is 12.3 Å². The fraction of sp³-hybridized carbons (Fsp3) is 0.643. The zero-order chi connectivity index (χ0) is 12.6. The molecule has 3 nitrogen and oxygen atoms in total. The number of ether oxygens (including phenoxy) is 1. The minimum atomic E-state index is 0.0993. The Balaban J connectivity index is 2.01. The Bertz CT molecular complexity index is 328. The van der Waals surface area contributed by atoms with E-state index in [4.69, 9.17) is 16.3 Å². The van der Waals surface area contributed by atoms with Crippen LogP contribution in [0.1, 0.15) is 37.4 Å². The third kappa shape index (κ3) is 3.94. The summed E-state index contributed by atoms with van der Waals surface area (Å²) >= 11 is 5.71. The van der Waals surface area contributed by atoms with E-state index in [1.165, 1.54) is 19.3 Å². The summed E-state index contributed by atoms with van der Waals surface area (Å²) in [6.07, 6.45) is 8.40. The molecule has 2 heterocycles. The number of nitrogens with zero attached hydrogens (tertiary/aromatic N) is 1. The highest BCUT2D eigenvalue weighted by Gasteiger charge is 2.25. The molecule has 1 aliphatic rings. The lowest BCUT2D eigenvalue weighted by Crippen LogP contribution is -2.40. The second kappa shape index (κ2) is 7.72. The maximum Gasteiger partial charge on any atom is 0.0992 e. The molecule has 1 N–H and O–H groups in total. The highest BCUT2D eigenvalue weighted by Crippen LogP contribution is 2.26. The number of hydrogen-bond donors (Lipinski definition) is 1. The molecule has 0 aliphatic carbocycles. The zero-order valence-electron chi connectivity index (χ0n) is 10.6. The average Bonchev–Trinajstić information content (AvgIpc) is 2.46. The molecule has 0 aromatic carbocycles. The van der Waals surface area contributed by atoms with Crippen molar-refractivity contribution in [1.29, 1.82) is 0 Å². The number of nitrogens with one attached hydrogen (secondary N) is 1. The summed E-state index contributed by atoms with van der Waals surface area (Å²) in [4.78, 5) is 4.19. The molecule has 0 spiro atoms. The maximum absolute atomic E-state index is 6.02. The summed E-state index contributed by atoms with van der Waals surface area (Å²) < 4.78 is 6.02. The monoisotopic (exact) mass is 268 g/mol. The molecule has 0 bridgehead atoms. The topological polar surface area (TPSA) is 34.1 Å². The molecule has 0 saturated carbocycles. The van der Waals surface area contributed by atoms with Gasteiger partial charge in [0, 0.05) is 36.5 Å². The predicted molar refractivity (Wildman–Crippen MR) is 73.9 cm³/mol. The lowest BCUT2D eigenvalue weighted by molar-refractivity contribution is 0.0185. The van der Waals surface area contributed by atoms with Crippen molar-refractivity contribution in [3.05, 3.63) is 30.1 Å². The molecule has 2 unspecified atom stereocenters. The van der Waals surface area contributed by atoms with E-state index in [-0.39, 0.29) is 6.10 Å². The van der Waals surface area contributed by atoms with Gasteiger partial charge in [0.15, 0.2) is 0 Å². The molecule has 1 aromatic heterocycles. The van der Waals surface area contributed by atoms with Crippen molar-refractivity contribution in [3.63, 3.8) is 0 Å². The van der Waals surface area contributed by atoms with Crippen molar-refractivity contribution in [2.24, 2.45) is 0 Å². The highest BCUT2D eigenvalue weighted by atomic mass is 35.5. The van der Waals surface area contributed by atoms with Crippen LogP contribution in [0.25, 0.3) is 0 Å². The normalized spacial score (nSPS) is 21.7. The average molecular weight is 269 g/mol. The lowest BCUT2D eigenvalue weighted by Gasteiger charge is -2.31. The Hall–Kier alpha value is -0.640. The van der Waals surface area contributed by atoms with Crippen LogP contribution in [0.2, 0.25) is 0 Å². The number of hydrogen-bond acceptors (Lipinski definition) is 3. The van der Waals surface area contributed by atoms with Crippen LogP contribution in [0.3, 0.4) is 0 Å². The molecule has 100 valence electrons. The summed E-state index contributed by atoms with van der Waals surface area (Å²) in [7, 11) is 0. The molecule has 2 rings (SSSR count). The largest absolute Gasteiger partial charge is 0.372 e. The molecule has 1 aliphatic heterocycles. The Kier molecular flexibility index (Phi) is 5.91. The summed E-state index contributed by atoms with van der Waals surface area (Å²) in [6, 6.07) is 4.46. The van der Waals surface area contributed by atoms with Gasteiger partial charge < -0.3 is 10.1 Å². The van der Waals surface area contributed by atoms with Gasteiger partial charge >= 0.3 is 0 Å². The summed E-state index contributed by atoms with van der Waals surface area (Å²) in [5.41, 5.74) is 1.16. The van der Waals surface area contributed by atoms with Gasteiger partial charge in [0.05, 0.1) is 6.10 Å². The van der Waals surface area contributed by atoms with Crippen LogP contribution in [-0.2, 0) is 4.74 Å². The lowest BCUT2D eigenvalue weighted by atomic mass is 9.95. The van der Waals surface area contributed by atoms with Crippen molar-refractivity contribution in [3.8, 4) is 0 Å². The number of aromatic nitrogens is 1. The van der Waals surface area contributed by atoms with E-state index in [0.29, 0.717) is 18.5 Å². The van der Waals surface area contributed by atoms with Gasteiger partial charge in [-0.15, -0.1) is 11.6 Å². The maximum atomic E-state index is 6.02. The third-order valence-electron chi connectivity index (χ3n) is 3.30. The number of pyridine rings is 1. The molecule has 18 heavy (non-hydrogen) atoms. The Morgan fingerprint density at radius 1 is 1.50 bits per heavy atom. The van der Waals surface area contributed by atoms with Crippen LogP contribution in [0.15, 0.2) is 24.5 Å². The van der Waals surface area contributed by atoms with E-state index in [9.17, 15) is 0 Å². The Morgan fingerprint density at radius 2 is 2.44 bits per heavy atom. The van der Waals surface area contributed by atoms with Gasteiger partial charge in [0.25, 0.3) is 0 Å². The summed E-state index contributed by atoms with van der Waals surface area (Å²) in [6.45, 7) is 1.79. The Labute approximate surface area is 114 Å². The third-order valence-corrected chi connectivity index (χ3v) is 3.57. The van der Waals surface area contributed by atoms with E-state index >= 15 is 0 Å². The predicted octanol–water partition coefficient (Wildman–Crippen LogP) is 2.91. The van der Waals surface area contributed by atoms with Crippen molar-refractivity contribution in [1.82, 2.24) is 10.3 Å². The first-order valence-corrected chi connectivity index (χ1v) is 7.26. The molecule has 1 aromatic rings. The van der Waals surface area contributed by atoms with Crippen molar-refractivity contribution in [2.75, 3.05) is 19.0 Å². The number of piperidine rings is 1. The minimum absolute atomic E-state index is 0.0993. The van der Waals surface area contributed by atoms with Gasteiger partial charge in [-0.25, -0.2) is 0 Å². The zero-order valence-corrected chi connectivity index (χ0v) is 11.4. The van der Waals surface area contributed by atoms with Crippen LogP contribution in [0.4, 0.5) is 0 Å². The molecule has 2 atom stereocenters. The molecule has 4 heteroatoms. The smallest absolute Gasteiger partial charge is 0.0992 e. The SMILES string of the molecule is ClCCCOC(c1cccnc1)C1CCCCN1. The van der Waals surface area contributed by atoms with Gasteiger partial charge in [-0.2, -0.15) is 0 Å². The van der Waals surface area contributed by atoms with Gasteiger partial charge in [-0.3, -0.25) is 4.98 Å². The van der Waals surface area contributed by atoms with Crippen molar-refractivity contribution >= 4 is 11.6 Å². The first-order valence-electron chi connectivity index (χ1n) is 6.72. The molecular weight excluding hydrogens is 248 g/mol. The van der Waals surface area contributed by atoms with Gasteiger partial charge in [0.2, 0.25) is 0 Å². The fourth-order valence-corrected chi connectivity index (χ4v) is 2.50. The van der Waals surface area contributed by atoms with Crippen molar-refractivity contribution in [2.45, 2.75) is 37.8 Å². The molecule has 1 fully saturated rings. The van der Waals surface area contributed by atoms with Gasteiger partial charge in [-0.1, -0.05) is 12.5 Å². The molecule has 1 saturated heterocycles. The van der Waals surface area contributed by atoms with Crippen LogP contribution >= 0.6 is 11.6 Å². The van der Waals surface area contributed by atoms with Crippen LogP contribution in [0, 0.1) is 0 Å². The van der Waals surface area contributed by atoms with Crippen molar-refractivity contribution < 1.29 is 4.74 Å². The van der Waals surface area contributed by atoms with Gasteiger partial charge in [-0.05, 0) is 31.9 Å². The van der Waals surface area contributed by atoms with Gasteiger partial charge in [0.1, 0.15) is 0 Å². The first kappa shape index (κ1) is 13.8. The van der Waals surface area contributed by atoms with Crippen LogP contribution in [-0.4, -0.2) is 30.1 Å². The number of halogens is 1. The standard InChI is InChI=1S/C14H21ClN2O/c15-7-4-10-18-14(12-5-3-8-16-11-12)13-6-1-2-9-17-13/h3,5,8,11,13-14,17H,1-2,4,6-7,9-10H2. The second-order valence-corrected chi connectivity index (χ2v) is 5.05. The number of alkyl halides is 1. The quantitative estimate of drug-likeness (QED) is 0.636. The van der Waals surface area contributed by atoms with E-state index in [2.05, 4.69) is 16.4 Å². The number of rotatable bonds is 6. The van der Waals surface area contributed by atoms with Crippen LogP contribution < -0.4 is 5.32 Å². The summed E-state index contributed by atoms with van der Waals surface area (Å²) in [5.74, 6) is 0.651. The Morgan fingerprint density at radius 3 is 3.11 bits per heavy atom. The molecular formula is C14H21ClN2O. The van der Waals surface area contributed by atoms with E-state index < -0.39 is 0 Å². The van der Waals surface area contributed by atoms with E-state index in [0.717, 1.165) is 18.5 Å². The van der Waals surface area contributed by atoms with Crippen LogP contribution in [0.5, 0.6) is 0 Å². The molecule has 0 amide bonds.